The lowest BCUT2D eigenvalue weighted by Crippen LogP contribution is -2.07. The Kier molecular flexibility index (Phi) is 4.90. The summed E-state index contributed by atoms with van der Waals surface area (Å²) in [6.07, 6.45) is 0.853. The van der Waals surface area contributed by atoms with Crippen molar-refractivity contribution < 1.29 is 13.9 Å². The van der Waals surface area contributed by atoms with Crippen LogP contribution in [-0.4, -0.2) is 12.4 Å². The van der Waals surface area contributed by atoms with Gasteiger partial charge in [0.05, 0.1) is 16.6 Å². The van der Waals surface area contributed by atoms with Crippen LogP contribution in [-0.2, 0) is 0 Å². The van der Waals surface area contributed by atoms with Crippen LogP contribution in [0.25, 0.3) is 0 Å². The highest BCUT2D eigenvalue weighted by molar-refractivity contribution is 9.10. The van der Waals surface area contributed by atoms with Crippen molar-refractivity contribution in [1.82, 2.24) is 0 Å². The van der Waals surface area contributed by atoms with Crippen molar-refractivity contribution in [2.24, 2.45) is 0 Å². The van der Waals surface area contributed by atoms with E-state index in [1.54, 1.807) is 24.3 Å². The van der Waals surface area contributed by atoms with Crippen molar-refractivity contribution in [2.75, 3.05) is 6.61 Å². The molecule has 2 rings (SSSR count). The number of hydrogen-bond donors (Lipinski definition) is 0. The van der Waals surface area contributed by atoms with Crippen LogP contribution in [0.5, 0.6) is 5.75 Å². The number of halogens is 2. The van der Waals surface area contributed by atoms with E-state index in [9.17, 15) is 9.18 Å². The first-order chi connectivity index (χ1) is 9.65. The number of para-hydroxylation sites is 1. The molecule has 104 valence electrons. The molecular weight excluding hydrogens is 323 g/mol. The third-order valence-corrected chi connectivity index (χ3v) is 3.60. The van der Waals surface area contributed by atoms with Gasteiger partial charge in [-0.25, -0.2) is 4.39 Å². The maximum Gasteiger partial charge on any atom is 0.197 e. The molecule has 0 aromatic heterocycles. The van der Waals surface area contributed by atoms with Crippen LogP contribution in [0.1, 0.15) is 29.3 Å². The third kappa shape index (κ3) is 3.07. The topological polar surface area (TPSA) is 26.3 Å². The Morgan fingerprint density at radius 3 is 2.60 bits per heavy atom. The van der Waals surface area contributed by atoms with E-state index in [4.69, 9.17) is 4.74 Å². The van der Waals surface area contributed by atoms with Gasteiger partial charge in [-0.1, -0.05) is 25.1 Å². The fourth-order valence-corrected chi connectivity index (χ4v) is 2.26. The second-order valence-corrected chi connectivity index (χ2v) is 5.07. The summed E-state index contributed by atoms with van der Waals surface area (Å²) < 4.78 is 19.3. The molecule has 0 saturated heterocycles. The summed E-state index contributed by atoms with van der Waals surface area (Å²) in [7, 11) is 0. The fourth-order valence-electron chi connectivity index (χ4n) is 1.82. The minimum atomic E-state index is -0.456. The van der Waals surface area contributed by atoms with E-state index in [-0.39, 0.29) is 15.8 Å². The van der Waals surface area contributed by atoms with Gasteiger partial charge in [-0.05, 0) is 46.6 Å². The Morgan fingerprint density at radius 2 is 1.85 bits per heavy atom. The lowest BCUT2D eigenvalue weighted by molar-refractivity contribution is 0.103. The van der Waals surface area contributed by atoms with E-state index in [0.29, 0.717) is 17.9 Å². The van der Waals surface area contributed by atoms with E-state index in [2.05, 4.69) is 15.9 Å². The van der Waals surface area contributed by atoms with Crippen LogP contribution in [0.2, 0.25) is 0 Å². The van der Waals surface area contributed by atoms with Crippen LogP contribution < -0.4 is 4.74 Å². The molecule has 0 radical (unpaired) electrons. The first-order valence-corrected chi connectivity index (χ1v) is 7.15. The Labute approximate surface area is 125 Å². The monoisotopic (exact) mass is 336 g/mol. The van der Waals surface area contributed by atoms with E-state index in [0.717, 1.165) is 6.42 Å². The molecule has 0 heterocycles. The van der Waals surface area contributed by atoms with Gasteiger partial charge in [0, 0.05) is 5.56 Å². The van der Waals surface area contributed by atoms with Crippen LogP contribution in [0, 0.1) is 5.82 Å². The predicted octanol–water partition coefficient (Wildman–Crippen LogP) is 4.61. The molecule has 0 aliphatic rings. The predicted molar refractivity (Wildman–Crippen MR) is 79.8 cm³/mol. The third-order valence-electron chi connectivity index (χ3n) is 2.79. The zero-order valence-corrected chi connectivity index (χ0v) is 12.6. The normalized spacial score (nSPS) is 10.3. The standard InChI is InChI=1S/C16H14BrFO2/c1-2-10-20-14-9-4-3-6-11(14)16(19)12-7-5-8-13(18)15(12)17/h3-9H,2,10H2,1H3. The Hall–Kier alpha value is -1.68. The molecule has 0 amide bonds. The van der Waals surface area contributed by atoms with Crippen molar-refractivity contribution >= 4 is 21.7 Å². The van der Waals surface area contributed by atoms with Gasteiger partial charge < -0.3 is 4.74 Å². The van der Waals surface area contributed by atoms with Gasteiger partial charge in [0.15, 0.2) is 5.78 Å². The molecule has 20 heavy (non-hydrogen) atoms. The smallest absolute Gasteiger partial charge is 0.197 e. The van der Waals surface area contributed by atoms with Crippen molar-refractivity contribution in [2.45, 2.75) is 13.3 Å². The van der Waals surface area contributed by atoms with Gasteiger partial charge in [0.25, 0.3) is 0 Å². The largest absolute Gasteiger partial charge is 0.493 e. The highest BCUT2D eigenvalue weighted by atomic mass is 79.9. The first-order valence-electron chi connectivity index (χ1n) is 6.35. The SMILES string of the molecule is CCCOc1ccccc1C(=O)c1cccc(F)c1Br. The molecule has 0 fully saturated rings. The summed E-state index contributed by atoms with van der Waals surface area (Å²) >= 11 is 3.12. The molecule has 0 spiro atoms. The average Bonchev–Trinajstić information content (AvgIpc) is 2.47. The van der Waals surface area contributed by atoms with E-state index >= 15 is 0 Å². The maximum absolute atomic E-state index is 13.5. The lowest BCUT2D eigenvalue weighted by Gasteiger charge is -2.11. The Morgan fingerprint density at radius 1 is 1.15 bits per heavy atom. The first kappa shape index (κ1) is 14.7. The molecular formula is C16H14BrFO2. The van der Waals surface area contributed by atoms with Gasteiger partial charge in [0.2, 0.25) is 0 Å². The van der Waals surface area contributed by atoms with Crippen molar-refractivity contribution in [3.05, 3.63) is 63.9 Å². The highest BCUT2D eigenvalue weighted by Gasteiger charge is 2.18. The van der Waals surface area contributed by atoms with Crippen molar-refractivity contribution in [3.63, 3.8) is 0 Å². The molecule has 0 saturated carbocycles. The summed E-state index contributed by atoms with van der Waals surface area (Å²) in [5.41, 5.74) is 0.727. The summed E-state index contributed by atoms with van der Waals surface area (Å²) in [5, 5.41) is 0. The van der Waals surface area contributed by atoms with Gasteiger partial charge in [-0.15, -0.1) is 0 Å². The molecule has 2 nitrogen and oxygen atoms in total. The molecule has 0 aliphatic heterocycles. The van der Waals surface area contributed by atoms with Crippen molar-refractivity contribution in [1.29, 1.82) is 0 Å². The summed E-state index contributed by atoms with van der Waals surface area (Å²) in [5.74, 6) is -0.193. The van der Waals surface area contributed by atoms with Crippen LogP contribution in [0.15, 0.2) is 46.9 Å². The lowest BCUT2D eigenvalue weighted by atomic mass is 10.0. The minimum Gasteiger partial charge on any atom is -0.493 e. The highest BCUT2D eigenvalue weighted by Crippen LogP contribution is 2.27. The molecule has 4 heteroatoms. The number of ether oxygens (including phenoxy) is 1. The quantitative estimate of drug-likeness (QED) is 0.745. The Bertz CT molecular complexity index is 626. The maximum atomic E-state index is 13.5. The zero-order valence-electron chi connectivity index (χ0n) is 11.0. The minimum absolute atomic E-state index is 0.176. The average molecular weight is 337 g/mol. The van der Waals surface area contributed by atoms with Gasteiger partial charge in [0.1, 0.15) is 11.6 Å². The second kappa shape index (κ2) is 6.66. The van der Waals surface area contributed by atoms with Crippen molar-refractivity contribution in [3.8, 4) is 5.75 Å². The number of benzene rings is 2. The van der Waals surface area contributed by atoms with Gasteiger partial charge in [-0.2, -0.15) is 0 Å². The Balaban J connectivity index is 2.40. The summed E-state index contributed by atoms with van der Waals surface area (Å²) in [6.45, 7) is 2.53. The number of rotatable bonds is 5. The molecule has 0 aliphatic carbocycles. The number of carbonyl (C=O) groups excluding carboxylic acids is 1. The molecule has 0 unspecified atom stereocenters. The van der Waals surface area contributed by atoms with Crippen LogP contribution in [0.4, 0.5) is 4.39 Å². The molecule has 2 aromatic rings. The molecule has 0 bridgehead atoms. The van der Waals surface area contributed by atoms with E-state index in [1.807, 2.05) is 13.0 Å². The molecule has 0 atom stereocenters. The van der Waals surface area contributed by atoms with E-state index < -0.39 is 5.82 Å². The zero-order chi connectivity index (χ0) is 14.5. The summed E-state index contributed by atoms with van der Waals surface area (Å²) in [6, 6.07) is 11.4. The van der Waals surface area contributed by atoms with E-state index in [1.165, 1.54) is 12.1 Å². The second-order valence-electron chi connectivity index (χ2n) is 4.28. The number of carbonyl (C=O) groups is 1. The molecule has 0 N–H and O–H groups in total. The fraction of sp³-hybridized carbons (Fsp3) is 0.188. The van der Waals surface area contributed by atoms with Gasteiger partial charge >= 0.3 is 0 Å². The van der Waals surface area contributed by atoms with Gasteiger partial charge in [-0.3, -0.25) is 4.79 Å². The summed E-state index contributed by atoms with van der Waals surface area (Å²) in [4.78, 5) is 12.5. The van der Waals surface area contributed by atoms with Crippen LogP contribution in [0.3, 0.4) is 0 Å². The number of hydrogen-bond acceptors (Lipinski definition) is 2. The molecule has 2 aromatic carbocycles. The van der Waals surface area contributed by atoms with Crippen LogP contribution >= 0.6 is 15.9 Å². The number of ketones is 1.